The molecule has 1 unspecified atom stereocenters. The third-order valence-corrected chi connectivity index (χ3v) is 4.98. The zero-order valence-electron chi connectivity index (χ0n) is 12.7. The number of fused-ring (bicyclic) bond motifs is 1. The smallest absolute Gasteiger partial charge is 0.136 e. The lowest BCUT2D eigenvalue weighted by atomic mass is 9.96. The van der Waals surface area contributed by atoms with E-state index >= 15 is 0 Å². The van der Waals surface area contributed by atoms with Crippen molar-refractivity contribution in [2.75, 3.05) is 0 Å². The van der Waals surface area contributed by atoms with Crippen LogP contribution in [0.5, 0.6) is 0 Å². The van der Waals surface area contributed by atoms with Crippen LogP contribution < -0.4 is 4.72 Å². The van der Waals surface area contributed by atoms with Gasteiger partial charge in [-0.3, -0.25) is 4.98 Å². The summed E-state index contributed by atoms with van der Waals surface area (Å²) >= 11 is -1.14. The first-order chi connectivity index (χ1) is 9.22. The molecule has 1 aromatic carbocycles. The maximum absolute atomic E-state index is 12.4. The van der Waals surface area contributed by atoms with Gasteiger partial charge in [-0.15, -0.1) is 4.72 Å². The van der Waals surface area contributed by atoms with Crippen molar-refractivity contribution in [2.24, 2.45) is 0 Å². The SMILES string of the molecule is CC(C)(N[S+]([O-])C(C)(C)C)c1nccc2ccccc12. The van der Waals surface area contributed by atoms with Gasteiger partial charge in [0, 0.05) is 22.9 Å². The average molecular weight is 290 g/mol. The van der Waals surface area contributed by atoms with Crippen molar-refractivity contribution in [1.29, 1.82) is 0 Å². The molecule has 1 heterocycles. The van der Waals surface area contributed by atoms with Crippen LogP contribution in [0.4, 0.5) is 0 Å². The van der Waals surface area contributed by atoms with E-state index < -0.39 is 16.9 Å². The molecule has 1 N–H and O–H groups in total. The molecular formula is C16H22N2OS. The molecule has 0 aliphatic heterocycles. The van der Waals surface area contributed by atoms with Crippen molar-refractivity contribution in [3.63, 3.8) is 0 Å². The second kappa shape index (κ2) is 5.35. The van der Waals surface area contributed by atoms with Crippen LogP contribution in [0.2, 0.25) is 0 Å². The van der Waals surface area contributed by atoms with E-state index in [9.17, 15) is 4.55 Å². The Kier molecular flexibility index (Phi) is 4.09. The van der Waals surface area contributed by atoms with Crippen LogP contribution in [0.1, 0.15) is 40.3 Å². The zero-order valence-corrected chi connectivity index (χ0v) is 13.5. The van der Waals surface area contributed by atoms with Crippen molar-refractivity contribution in [1.82, 2.24) is 9.71 Å². The van der Waals surface area contributed by atoms with E-state index in [4.69, 9.17) is 0 Å². The Morgan fingerprint density at radius 2 is 1.70 bits per heavy atom. The Labute approximate surface area is 124 Å². The first-order valence-corrected chi connectivity index (χ1v) is 7.91. The van der Waals surface area contributed by atoms with Crippen LogP contribution in [0.15, 0.2) is 36.5 Å². The molecule has 0 aliphatic carbocycles. The van der Waals surface area contributed by atoms with Crippen LogP contribution >= 0.6 is 0 Å². The Bertz CT molecular complexity index is 599. The molecule has 4 heteroatoms. The molecule has 0 saturated carbocycles. The van der Waals surface area contributed by atoms with Gasteiger partial charge in [0.2, 0.25) is 0 Å². The fourth-order valence-electron chi connectivity index (χ4n) is 2.05. The Morgan fingerprint density at radius 1 is 1.05 bits per heavy atom. The molecule has 20 heavy (non-hydrogen) atoms. The summed E-state index contributed by atoms with van der Waals surface area (Å²) in [5.41, 5.74) is 0.465. The predicted molar refractivity (Wildman–Crippen MR) is 85.8 cm³/mol. The van der Waals surface area contributed by atoms with Gasteiger partial charge in [-0.2, -0.15) is 0 Å². The first kappa shape index (κ1) is 15.3. The summed E-state index contributed by atoms with van der Waals surface area (Å²) in [6.07, 6.45) is 1.81. The molecule has 0 fully saturated rings. The number of aromatic nitrogens is 1. The maximum Gasteiger partial charge on any atom is 0.136 e. The molecule has 2 rings (SSSR count). The Balaban J connectivity index is 2.42. The lowest BCUT2D eigenvalue weighted by Crippen LogP contribution is -2.48. The summed E-state index contributed by atoms with van der Waals surface area (Å²) in [6.45, 7) is 9.92. The van der Waals surface area contributed by atoms with Crippen molar-refractivity contribution in [3.05, 3.63) is 42.2 Å². The first-order valence-electron chi connectivity index (χ1n) is 6.76. The maximum atomic E-state index is 12.4. The number of hydrogen-bond acceptors (Lipinski definition) is 3. The number of pyridine rings is 1. The summed E-state index contributed by atoms with van der Waals surface area (Å²) in [5, 5.41) is 2.24. The second-order valence-electron chi connectivity index (χ2n) is 6.49. The van der Waals surface area contributed by atoms with Gasteiger partial charge in [-0.05, 0) is 46.1 Å². The minimum absolute atomic E-state index is 0.304. The van der Waals surface area contributed by atoms with Crippen LogP contribution in [-0.2, 0) is 16.9 Å². The van der Waals surface area contributed by atoms with Gasteiger partial charge in [0.15, 0.2) is 0 Å². The standard InChI is InChI=1S/C16H22N2OS/c1-15(2,3)20(19)18-16(4,5)14-13-9-7-6-8-12(13)10-11-17-14/h6-11,18H,1-5H3. The van der Waals surface area contributed by atoms with Gasteiger partial charge in [0.05, 0.1) is 5.69 Å². The fraction of sp³-hybridized carbons (Fsp3) is 0.438. The van der Waals surface area contributed by atoms with E-state index in [2.05, 4.69) is 21.8 Å². The van der Waals surface area contributed by atoms with Crippen molar-refractivity contribution < 1.29 is 4.55 Å². The summed E-state index contributed by atoms with van der Waals surface area (Å²) < 4.78 is 15.3. The van der Waals surface area contributed by atoms with E-state index in [1.165, 1.54) is 0 Å². The van der Waals surface area contributed by atoms with Crippen LogP contribution in [-0.4, -0.2) is 14.3 Å². The molecule has 3 nitrogen and oxygen atoms in total. The Morgan fingerprint density at radius 3 is 2.35 bits per heavy atom. The topological polar surface area (TPSA) is 48.0 Å². The highest BCUT2D eigenvalue weighted by Crippen LogP contribution is 2.28. The lowest BCUT2D eigenvalue weighted by molar-refractivity contribution is 0.450. The number of hydrogen-bond donors (Lipinski definition) is 1. The normalized spacial score (nSPS) is 14.5. The van der Waals surface area contributed by atoms with Crippen molar-refractivity contribution >= 4 is 22.1 Å². The third-order valence-electron chi connectivity index (χ3n) is 3.17. The summed E-state index contributed by atoms with van der Waals surface area (Å²) in [5.74, 6) is 0. The number of nitrogens with one attached hydrogen (secondary N) is 1. The summed E-state index contributed by atoms with van der Waals surface area (Å²) in [7, 11) is 0. The van der Waals surface area contributed by atoms with Gasteiger partial charge in [0.1, 0.15) is 10.3 Å². The van der Waals surface area contributed by atoms with Crippen LogP contribution in [0.25, 0.3) is 10.8 Å². The minimum atomic E-state index is -1.14. The molecule has 0 bridgehead atoms. The van der Waals surface area contributed by atoms with Gasteiger partial charge in [-0.1, -0.05) is 24.3 Å². The molecule has 1 aromatic heterocycles. The van der Waals surface area contributed by atoms with Crippen LogP contribution in [0, 0.1) is 0 Å². The van der Waals surface area contributed by atoms with Gasteiger partial charge in [0.25, 0.3) is 0 Å². The highest BCUT2D eigenvalue weighted by atomic mass is 32.2. The average Bonchev–Trinajstić information content (AvgIpc) is 2.36. The number of nitrogens with zero attached hydrogens (tertiary/aromatic N) is 1. The molecule has 1 atom stereocenters. The van der Waals surface area contributed by atoms with Crippen LogP contribution in [0.3, 0.4) is 0 Å². The highest BCUT2D eigenvalue weighted by molar-refractivity contribution is 7.90. The quantitative estimate of drug-likeness (QED) is 0.880. The highest BCUT2D eigenvalue weighted by Gasteiger charge is 2.35. The molecule has 2 aromatic rings. The van der Waals surface area contributed by atoms with Crippen molar-refractivity contribution in [2.45, 2.75) is 44.9 Å². The van der Waals surface area contributed by atoms with Gasteiger partial charge >= 0.3 is 0 Å². The van der Waals surface area contributed by atoms with E-state index in [-0.39, 0.29) is 4.75 Å². The van der Waals surface area contributed by atoms with Gasteiger partial charge in [-0.25, -0.2) is 0 Å². The fourth-order valence-corrected chi connectivity index (χ4v) is 2.92. The van der Waals surface area contributed by atoms with Crippen molar-refractivity contribution in [3.8, 4) is 0 Å². The molecule has 0 saturated heterocycles. The summed E-state index contributed by atoms with van der Waals surface area (Å²) in [6, 6.07) is 10.1. The zero-order chi connectivity index (χ0) is 15.0. The monoisotopic (exact) mass is 290 g/mol. The van der Waals surface area contributed by atoms with E-state index in [0.717, 1.165) is 16.5 Å². The molecule has 0 spiro atoms. The van der Waals surface area contributed by atoms with E-state index in [1.807, 2.05) is 52.8 Å². The third kappa shape index (κ3) is 3.14. The summed E-state index contributed by atoms with van der Waals surface area (Å²) in [4.78, 5) is 4.52. The number of benzene rings is 1. The molecule has 0 radical (unpaired) electrons. The molecule has 0 aliphatic rings. The second-order valence-corrected chi connectivity index (χ2v) is 8.46. The minimum Gasteiger partial charge on any atom is -0.598 e. The molecule has 108 valence electrons. The molecule has 0 amide bonds. The molecular weight excluding hydrogens is 268 g/mol. The Hall–Kier alpha value is -1.10. The lowest BCUT2D eigenvalue weighted by Gasteiger charge is -2.32. The predicted octanol–water partition coefficient (Wildman–Crippen LogP) is 3.52. The largest absolute Gasteiger partial charge is 0.598 e. The van der Waals surface area contributed by atoms with E-state index in [1.54, 1.807) is 6.20 Å². The van der Waals surface area contributed by atoms with Gasteiger partial charge < -0.3 is 4.55 Å². The number of rotatable bonds is 3. The van der Waals surface area contributed by atoms with E-state index in [0.29, 0.717) is 0 Å².